The van der Waals surface area contributed by atoms with Gasteiger partial charge < -0.3 is 24.7 Å². The molecular weight excluding hydrogens is 358 g/mol. The molecule has 1 aromatic carbocycles. The van der Waals surface area contributed by atoms with Crippen molar-refractivity contribution in [2.75, 3.05) is 39.2 Å². The van der Waals surface area contributed by atoms with Crippen LogP contribution in [0, 0.1) is 11.8 Å². The molecule has 0 spiro atoms. The third-order valence-corrected chi connectivity index (χ3v) is 5.26. The monoisotopic (exact) mass is 387 g/mol. The number of hydrogen-bond donors (Lipinski definition) is 2. The van der Waals surface area contributed by atoms with Crippen molar-refractivity contribution in [1.82, 2.24) is 9.88 Å². The van der Waals surface area contributed by atoms with Crippen LogP contribution in [0.15, 0.2) is 18.2 Å². The maximum absolute atomic E-state index is 12.6. The minimum Gasteiger partial charge on any atom is -0.497 e. The molecule has 1 amide bonds. The summed E-state index contributed by atoms with van der Waals surface area (Å²) in [5.41, 5.74) is 1.39. The summed E-state index contributed by atoms with van der Waals surface area (Å²) in [6, 6.07) is 5.40. The minimum absolute atomic E-state index is 0.118. The number of nitrogens with zero attached hydrogens (tertiary/aromatic N) is 1. The van der Waals surface area contributed by atoms with Crippen molar-refractivity contribution in [2.45, 2.75) is 26.7 Å². The number of likely N-dealkylation sites (tertiary alicyclic amines) is 1. The third-order valence-electron chi connectivity index (χ3n) is 5.26. The fourth-order valence-electron chi connectivity index (χ4n) is 4.12. The fraction of sp³-hybridized carbons (Fsp3) is 0.524. The number of fused-ring (bicyclic) bond motifs is 1. The SMILES string of the molecule is COC(=O)c1[nH]c2cc(OC)ccc2c1NC(=O)CCN1C[C@H](C)C[C@H](C)C1. The molecule has 2 atom stereocenters. The van der Waals surface area contributed by atoms with Crippen molar-refractivity contribution < 1.29 is 19.1 Å². The molecule has 0 saturated carbocycles. The summed E-state index contributed by atoms with van der Waals surface area (Å²) in [6.45, 7) is 7.28. The van der Waals surface area contributed by atoms with Crippen molar-refractivity contribution in [1.29, 1.82) is 0 Å². The van der Waals surface area contributed by atoms with E-state index in [-0.39, 0.29) is 11.6 Å². The zero-order valence-corrected chi connectivity index (χ0v) is 17.0. The van der Waals surface area contributed by atoms with Gasteiger partial charge in [-0.1, -0.05) is 13.8 Å². The lowest BCUT2D eigenvalue weighted by atomic mass is 9.92. The highest BCUT2D eigenvalue weighted by Crippen LogP contribution is 2.31. The summed E-state index contributed by atoms with van der Waals surface area (Å²) in [7, 11) is 2.90. The summed E-state index contributed by atoms with van der Waals surface area (Å²) in [5, 5.41) is 3.65. The molecule has 1 fully saturated rings. The summed E-state index contributed by atoms with van der Waals surface area (Å²) >= 11 is 0. The average molecular weight is 387 g/mol. The van der Waals surface area contributed by atoms with Crippen LogP contribution in [-0.4, -0.2) is 55.6 Å². The van der Waals surface area contributed by atoms with Gasteiger partial charge in [0.1, 0.15) is 11.4 Å². The van der Waals surface area contributed by atoms with Crippen LogP contribution in [0.5, 0.6) is 5.75 Å². The zero-order chi connectivity index (χ0) is 20.3. The Labute approximate surface area is 165 Å². The Hall–Kier alpha value is -2.54. The smallest absolute Gasteiger partial charge is 0.356 e. The normalized spacial score (nSPS) is 20.1. The van der Waals surface area contributed by atoms with Gasteiger partial charge in [-0.2, -0.15) is 0 Å². The number of nitrogens with one attached hydrogen (secondary N) is 2. The molecule has 2 N–H and O–H groups in total. The minimum atomic E-state index is -0.524. The number of piperidine rings is 1. The van der Waals surface area contributed by atoms with Gasteiger partial charge in [-0.15, -0.1) is 0 Å². The largest absolute Gasteiger partial charge is 0.497 e. The molecular formula is C21H29N3O4. The van der Waals surface area contributed by atoms with Gasteiger partial charge in [-0.3, -0.25) is 4.79 Å². The lowest BCUT2D eigenvalue weighted by Crippen LogP contribution is -2.40. The van der Waals surface area contributed by atoms with E-state index in [2.05, 4.69) is 29.0 Å². The van der Waals surface area contributed by atoms with E-state index < -0.39 is 5.97 Å². The van der Waals surface area contributed by atoms with Crippen molar-refractivity contribution in [2.24, 2.45) is 11.8 Å². The molecule has 1 aliphatic rings. The number of carbonyl (C=O) groups is 2. The number of H-pyrrole nitrogens is 1. The highest BCUT2D eigenvalue weighted by molar-refractivity contribution is 6.11. The standard InChI is InChI=1S/C21H29N3O4/c1-13-9-14(2)12-24(11-13)8-7-18(25)23-19-16-6-5-15(27-3)10-17(16)22-20(19)21(26)28-4/h5-6,10,13-14,22H,7-9,11-12H2,1-4H3,(H,23,25)/t13-,14+. The van der Waals surface area contributed by atoms with Crippen LogP contribution in [0.3, 0.4) is 0 Å². The van der Waals surface area contributed by atoms with Crippen molar-refractivity contribution in [3.8, 4) is 5.75 Å². The number of anilines is 1. The molecule has 0 unspecified atom stereocenters. The predicted molar refractivity (Wildman–Crippen MR) is 109 cm³/mol. The van der Waals surface area contributed by atoms with E-state index in [1.807, 2.05) is 6.07 Å². The molecule has 28 heavy (non-hydrogen) atoms. The number of ether oxygens (including phenoxy) is 2. The van der Waals surface area contributed by atoms with Crippen molar-refractivity contribution >= 4 is 28.5 Å². The molecule has 3 rings (SSSR count). The molecule has 2 heterocycles. The Bertz CT molecular complexity index is 851. The highest BCUT2D eigenvalue weighted by atomic mass is 16.5. The quantitative estimate of drug-likeness (QED) is 0.743. The zero-order valence-electron chi connectivity index (χ0n) is 17.0. The first kappa shape index (κ1) is 20.2. The maximum atomic E-state index is 12.6. The average Bonchev–Trinajstić information content (AvgIpc) is 3.02. The number of methoxy groups -OCH3 is 2. The van der Waals surface area contributed by atoms with E-state index in [9.17, 15) is 9.59 Å². The van der Waals surface area contributed by atoms with Gasteiger partial charge >= 0.3 is 5.97 Å². The second kappa shape index (κ2) is 8.65. The summed E-state index contributed by atoms with van der Waals surface area (Å²) < 4.78 is 10.1. The Kier molecular flexibility index (Phi) is 6.24. The number of esters is 1. The van der Waals surface area contributed by atoms with Gasteiger partial charge in [-0.05, 0) is 30.4 Å². The van der Waals surface area contributed by atoms with E-state index in [0.717, 1.165) is 18.5 Å². The first-order valence-electron chi connectivity index (χ1n) is 9.71. The van der Waals surface area contributed by atoms with Gasteiger partial charge in [0.05, 0.1) is 25.4 Å². The van der Waals surface area contributed by atoms with Gasteiger partial charge in [0, 0.05) is 37.5 Å². The Balaban J connectivity index is 1.74. The first-order chi connectivity index (χ1) is 13.4. The molecule has 7 nitrogen and oxygen atoms in total. The van der Waals surface area contributed by atoms with Crippen LogP contribution in [0.1, 0.15) is 37.2 Å². The lowest BCUT2D eigenvalue weighted by molar-refractivity contribution is -0.116. The van der Waals surface area contributed by atoms with E-state index >= 15 is 0 Å². The number of hydrogen-bond acceptors (Lipinski definition) is 5. The summed E-state index contributed by atoms with van der Waals surface area (Å²) in [5.74, 6) is 1.33. The van der Waals surface area contributed by atoms with Crippen LogP contribution in [0.2, 0.25) is 0 Å². The molecule has 2 aromatic rings. The number of amides is 1. The number of aromatic amines is 1. The molecule has 0 aliphatic carbocycles. The topological polar surface area (TPSA) is 83.7 Å². The predicted octanol–water partition coefficient (Wildman–Crippen LogP) is 3.27. The second-order valence-corrected chi connectivity index (χ2v) is 7.78. The number of rotatable bonds is 6. The fourth-order valence-corrected chi connectivity index (χ4v) is 4.12. The molecule has 1 aliphatic heterocycles. The van der Waals surface area contributed by atoms with Crippen LogP contribution in [0.4, 0.5) is 5.69 Å². The third kappa shape index (κ3) is 4.47. The van der Waals surface area contributed by atoms with E-state index in [1.165, 1.54) is 13.5 Å². The first-order valence-corrected chi connectivity index (χ1v) is 9.71. The molecule has 1 saturated heterocycles. The molecule has 0 radical (unpaired) electrons. The van der Waals surface area contributed by atoms with Gasteiger partial charge in [0.2, 0.25) is 5.91 Å². The van der Waals surface area contributed by atoms with Crippen molar-refractivity contribution in [3.63, 3.8) is 0 Å². The Morgan fingerprint density at radius 2 is 1.93 bits per heavy atom. The van der Waals surface area contributed by atoms with Gasteiger partial charge in [0.25, 0.3) is 0 Å². The molecule has 1 aromatic heterocycles. The van der Waals surface area contributed by atoms with E-state index in [0.29, 0.717) is 41.8 Å². The number of aromatic nitrogens is 1. The second-order valence-electron chi connectivity index (χ2n) is 7.78. The summed E-state index contributed by atoms with van der Waals surface area (Å²) in [4.78, 5) is 30.2. The molecule has 7 heteroatoms. The molecule has 0 bridgehead atoms. The Morgan fingerprint density at radius 1 is 1.21 bits per heavy atom. The van der Waals surface area contributed by atoms with E-state index in [1.54, 1.807) is 19.2 Å². The van der Waals surface area contributed by atoms with E-state index in [4.69, 9.17) is 9.47 Å². The molecule has 152 valence electrons. The van der Waals surface area contributed by atoms with Crippen molar-refractivity contribution in [3.05, 3.63) is 23.9 Å². The van der Waals surface area contributed by atoms with Gasteiger partial charge in [-0.25, -0.2) is 4.79 Å². The lowest BCUT2D eigenvalue weighted by Gasteiger charge is -2.34. The van der Waals surface area contributed by atoms with Crippen LogP contribution in [0.25, 0.3) is 10.9 Å². The number of benzene rings is 1. The maximum Gasteiger partial charge on any atom is 0.356 e. The highest BCUT2D eigenvalue weighted by Gasteiger charge is 2.23. The van der Waals surface area contributed by atoms with Gasteiger partial charge in [0.15, 0.2) is 0 Å². The summed E-state index contributed by atoms with van der Waals surface area (Å²) in [6.07, 6.45) is 1.62. The van der Waals surface area contributed by atoms with Crippen LogP contribution < -0.4 is 10.1 Å². The number of carbonyl (C=O) groups excluding carboxylic acids is 2. The Morgan fingerprint density at radius 3 is 2.57 bits per heavy atom. The van der Waals surface area contributed by atoms with Crippen LogP contribution >= 0.6 is 0 Å². The van der Waals surface area contributed by atoms with Crippen LogP contribution in [-0.2, 0) is 9.53 Å².